The van der Waals surface area contributed by atoms with Gasteiger partial charge in [-0.05, 0) is 53.7 Å². The fraction of sp³-hybridized carbons (Fsp3) is 0.0588. The number of nitrogens with zero attached hydrogens (tertiary/aromatic N) is 1. The third-order valence-corrected chi connectivity index (χ3v) is 4.78. The molecule has 2 amide bonds. The Balaban J connectivity index is 1.74. The number of rotatable bonds is 4. The zero-order valence-corrected chi connectivity index (χ0v) is 14.6. The standard InChI is InChI=1S/C17H11Cl2NO3S/c18-12-7-6-11(14(19)9-12)10-20-16(21)15(24-17(20)22)5-1-3-13-4-2-8-23-13/h1-9H,10H2/b3-1+,15-5-. The quantitative estimate of drug-likeness (QED) is 0.669. The van der Waals surface area contributed by atoms with Crippen LogP contribution in [0.25, 0.3) is 6.08 Å². The lowest BCUT2D eigenvalue weighted by Gasteiger charge is -2.13. The van der Waals surface area contributed by atoms with E-state index in [1.807, 2.05) is 0 Å². The second-order valence-electron chi connectivity index (χ2n) is 4.90. The molecule has 1 aliphatic heterocycles. The van der Waals surface area contributed by atoms with Crippen LogP contribution in [0.5, 0.6) is 0 Å². The third kappa shape index (κ3) is 3.75. The van der Waals surface area contributed by atoms with Crippen LogP contribution in [-0.4, -0.2) is 16.0 Å². The first kappa shape index (κ1) is 16.9. The van der Waals surface area contributed by atoms with Gasteiger partial charge in [-0.3, -0.25) is 14.5 Å². The summed E-state index contributed by atoms with van der Waals surface area (Å²) in [7, 11) is 0. The first-order valence-electron chi connectivity index (χ1n) is 6.94. The number of imide groups is 1. The summed E-state index contributed by atoms with van der Waals surface area (Å²) >= 11 is 12.9. The Kier molecular flexibility index (Phi) is 5.14. The summed E-state index contributed by atoms with van der Waals surface area (Å²) < 4.78 is 5.16. The minimum Gasteiger partial charge on any atom is -0.465 e. The molecule has 4 nitrogen and oxygen atoms in total. The summed E-state index contributed by atoms with van der Waals surface area (Å²) in [5, 5.41) is 0.591. The molecule has 0 N–H and O–H groups in total. The minimum absolute atomic E-state index is 0.111. The molecule has 0 spiro atoms. The molecule has 1 fully saturated rings. The van der Waals surface area contributed by atoms with Crippen molar-refractivity contribution in [2.24, 2.45) is 0 Å². The minimum atomic E-state index is -0.347. The van der Waals surface area contributed by atoms with Crippen LogP contribution in [-0.2, 0) is 11.3 Å². The Bertz CT molecular complexity index is 844. The van der Waals surface area contributed by atoms with E-state index in [1.165, 1.54) is 0 Å². The fourth-order valence-electron chi connectivity index (χ4n) is 2.09. The number of hydrogen-bond acceptors (Lipinski definition) is 4. The molecule has 1 saturated heterocycles. The highest BCUT2D eigenvalue weighted by molar-refractivity contribution is 8.18. The Morgan fingerprint density at radius 3 is 2.75 bits per heavy atom. The molecule has 1 aliphatic rings. The lowest BCUT2D eigenvalue weighted by Crippen LogP contribution is -2.27. The van der Waals surface area contributed by atoms with E-state index in [0.717, 1.165) is 16.7 Å². The largest absolute Gasteiger partial charge is 0.465 e. The SMILES string of the molecule is O=C1S/C(=C\C=C\c2ccco2)C(=O)N1Cc1ccc(Cl)cc1Cl. The molecule has 0 radical (unpaired) electrons. The van der Waals surface area contributed by atoms with Crippen LogP contribution in [0, 0.1) is 0 Å². The van der Waals surface area contributed by atoms with E-state index in [0.29, 0.717) is 26.3 Å². The van der Waals surface area contributed by atoms with Gasteiger partial charge in [0.25, 0.3) is 11.1 Å². The summed E-state index contributed by atoms with van der Waals surface area (Å²) in [6.45, 7) is 0.111. The molecular formula is C17H11Cl2NO3S. The predicted molar refractivity (Wildman–Crippen MR) is 95.8 cm³/mol. The van der Waals surface area contributed by atoms with E-state index in [9.17, 15) is 9.59 Å². The van der Waals surface area contributed by atoms with Gasteiger partial charge in [0.1, 0.15) is 5.76 Å². The van der Waals surface area contributed by atoms with Gasteiger partial charge in [0.05, 0.1) is 17.7 Å². The second kappa shape index (κ2) is 7.30. The molecule has 0 aliphatic carbocycles. The van der Waals surface area contributed by atoms with Gasteiger partial charge >= 0.3 is 0 Å². The van der Waals surface area contributed by atoms with Crippen LogP contribution in [0.15, 0.2) is 58.1 Å². The van der Waals surface area contributed by atoms with Gasteiger partial charge < -0.3 is 4.42 Å². The number of carbonyl (C=O) groups is 2. The zero-order valence-electron chi connectivity index (χ0n) is 12.2. The highest BCUT2D eigenvalue weighted by atomic mass is 35.5. The number of carbonyl (C=O) groups excluding carboxylic acids is 2. The Labute approximate surface area is 152 Å². The highest BCUT2D eigenvalue weighted by Crippen LogP contribution is 2.33. The van der Waals surface area contributed by atoms with Crippen LogP contribution in [0.1, 0.15) is 11.3 Å². The van der Waals surface area contributed by atoms with Gasteiger partial charge in [-0.1, -0.05) is 35.3 Å². The van der Waals surface area contributed by atoms with E-state index in [-0.39, 0.29) is 17.7 Å². The average Bonchev–Trinajstić information content (AvgIpc) is 3.14. The summed E-state index contributed by atoms with van der Waals surface area (Å²) in [5.74, 6) is 0.318. The van der Waals surface area contributed by atoms with Crippen molar-refractivity contribution in [3.63, 3.8) is 0 Å². The molecule has 0 atom stereocenters. The van der Waals surface area contributed by atoms with Gasteiger partial charge in [0.2, 0.25) is 0 Å². The van der Waals surface area contributed by atoms with E-state index in [4.69, 9.17) is 27.6 Å². The lowest BCUT2D eigenvalue weighted by atomic mass is 10.2. The second-order valence-corrected chi connectivity index (χ2v) is 6.74. The summed E-state index contributed by atoms with van der Waals surface area (Å²) in [6.07, 6.45) is 6.54. The molecule has 2 aromatic rings. The van der Waals surface area contributed by atoms with Gasteiger partial charge in [-0.25, -0.2) is 0 Å². The lowest BCUT2D eigenvalue weighted by molar-refractivity contribution is -0.123. The number of amides is 2. The summed E-state index contributed by atoms with van der Waals surface area (Å²) in [4.78, 5) is 26.0. The summed E-state index contributed by atoms with van der Waals surface area (Å²) in [5.41, 5.74) is 0.663. The number of thioether (sulfide) groups is 1. The maximum atomic E-state index is 12.4. The Morgan fingerprint density at radius 1 is 1.21 bits per heavy atom. The molecule has 7 heteroatoms. The number of allylic oxidation sites excluding steroid dienone is 2. The molecule has 24 heavy (non-hydrogen) atoms. The molecule has 1 aromatic heterocycles. The van der Waals surface area contributed by atoms with E-state index < -0.39 is 0 Å². The van der Waals surface area contributed by atoms with Crippen molar-refractivity contribution < 1.29 is 14.0 Å². The monoisotopic (exact) mass is 379 g/mol. The Hall–Kier alpha value is -1.95. The van der Waals surface area contributed by atoms with Crippen molar-refractivity contribution in [2.45, 2.75) is 6.54 Å². The van der Waals surface area contributed by atoms with Gasteiger partial charge in [0.15, 0.2) is 0 Å². The zero-order chi connectivity index (χ0) is 17.1. The molecule has 3 rings (SSSR count). The van der Waals surface area contributed by atoms with E-state index in [2.05, 4.69) is 0 Å². The molecule has 1 aromatic carbocycles. The van der Waals surface area contributed by atoms with Crippen LogP contribution in [0.4, 0.5) is 4.79 Å². The van der Waals surface area contributed by atoms with Crippen molar-refractivity contribution in [2.75, 3.05) is 0 Å². The van der Waals surface area contributed by atoms with Gasteiger partial charge in [-0.2, -0.15) is 0 Å². The molecule has 122 valence electrons. The maximum absolute atomic E-state index is 12.4. The maximum Gasteiger partial charge on any atom is 0.293 e. The fourth-order valence-corrected chi connectivity index (χ4v) is 3.35. The first-order valence-corrected chi connectivity index (χ1v) is 8.51. The highest BCUT2D eigenvalue weighted by Gasteiger charge is 2.34. The van der Waals surface area contributed by atoms with E-state index in [1.54, 1.807) is 54.8 Å². The van der Waals surface area contributed by atoms with Gasteiger partial charge in [0, 0.05) is 10.0 Å². The number of halogens is 2. The smallest absolute Gasteiger partial charge is 0.293 e. The molecule has 0 unspecified atom stereocenters. The van der Waals surface area contributed by atoms with Crippen molar-refractivity contribution >= 4 is 52.2 Å². The summed E-state index contributed by atoms with van der Waals surface area (Å²) in [6, 6.07) is 8.51. The average molecular weight is 380 g/mol. The van der Waals surface area contributed by atoms with Crippen LogP contribution in [0.2, 0.25) is 10.0 Å². The van der Waals surface area contributed by atoms with Gasteiger partial charge in [-0.15, -0.1) is 0 Å². The third-order valence-electron chi connectivity index (χ3n) is 3.27. The van der Waals surface area contributed by atoms with Crippen LogP contribution < -0.4 is 0 Å². The normalized spacial score (nSPS) is 16.8. The topological polar surface area (TPSA) is 50.5 Å². The molecule has 0 bridgehead atoms. The molecular weight excluding hydrogens is 369 g/mol. The van der Waals surface area contributed by atoms with Crippen molar-refractivity contribution in [1.82, 2.24) is 4.90 Å². The predicted octanol–water partition coefficient (Wildman–Crippen LogP) is 5.38. The number of furan rings is 1. The first-order chi connectivity index (χ1) is 11.5. The Morgan fingerprint density at radius 2 is 2.04 bits per heavy atom. The van der Waals surface area contributed by atoms with Crippen LogP contribution >= 0.6 is 35.0 Å². The number of hydrogen-bond donors (Lipinski definition) is 0. The van der Waals surface area contributed by atoms with Crippen molar-refractivity contribution in [1.29, 1.82) is 0 Å². The van der Waals surface area contributed by atoms with Crippen molar-refractivity contribution in [3.8, 4) is 0 Å². The van der Waals surface area contributed by atoms with Crippen LogP contribution in [0.3, 0.4) is 0 Å². The molecule has 0 saturated carbocycles. The number of benzene rings is 1. The van der Waals surface area contributed by atoms with Crippen molar-refractivity contribution in [3.05, 3.63) is 75.0 Å². The molecule has 2 heterocycles. The van der Waals surface area contributed by atoms with E-state index >= 15 is 0 Å².